The molecule has 0 fully saturated rings. The van der Waals surface area contributed by atoms with E-state index in [-0.39, 0.29) is 28.2 Å². The zero-order valence-corrected chi connectivity index (χ0v) is 11.4. The van der Waals surface area contributed by atoms with Crippen molar-refractivity contribution < 1.29 is 26.3 Å². The Bertz CT molecular complexity index is 314. The Kier molecular flexibility index (Phi) is 4.95. The number of carbonyl (C=O) groups excluding carboxylic acids is 1. The van der Waals surface area contributed by atoms with Crippen molar-refractivity contribution in [3.63, 3.8) is 0 Å². The van der Waals surface area contributed by atoms with Crippen molar-refractivity contribution in [2.45, 2.75) is 34.2 Å². The third-order valence-corrected chi connectivity index (χ3v) is 2.88. The van der Waals surface area contributed by atoms with Crippen LogP contribution in [0.5, 0.6) is 0 Å². The Labute approximate surface area is 99.7 Å². The van der Waals surface area contributed by atoms with Crippen LogP contribution in [0.2, 0.25) is 0 Å². The van der Waals surface area contributed by atoms with Gasteiger partial charge >= 0.3 is 0 Å². The minimum Gasteiger partial charge on any atom is -1.00 e. The fourth-order valence-electron chi connectivity index (χ4n) is 0.907. The van der Waals surface area contributed by atoms with Crippen LogP contribution >= 0.6 is 11.3 Å². The second-order valence-electron chi connectivity index (χ2n) is 4.30. The maximum Gasteiger partial charge on any atom is 0.225 e. The Balaban J connectivity index is 0.00000169. The lowest BCUT2D eigenvalue weighted by molar-refractivity contribution is -0.685. The fourth-order valence-corrected chi connectivity index (χ4v) is 1.69. The SMILES string of the molecule is Cc1csc[n+]1CC(=O)C(C)(C)C.[Br-]. The quantitative estimate of drug-likeness (QED) is 0.633. The van der Waals surface area contributed by atoms with Crippen LogP contribution in [0.4, 0.5) is 0 Å². The van der Waals surface area contributed by atoms with Crippen molar-refractivity contribution in [1.29, 1.82) is 0 Å². The number of carbonyl (C=O) groups is 1. The average molecular weight is 278 g/mol. The molecule has 0 aliphatic rings. The van der Waals surface area contributed by atoms with Gasteiger partial charge in [-0.3, -0.25) is 4.79 Å². The van der Waals surface area contributed by atoms with Gasteiger partial charge in [0.25, 0.3) is 0 Å². The van der Waals surface area contributed by atoms with Crippen LogP contribution < -0.4 is 21.5 Å². The van der Waals surface area contributed by atoms with E-state index in [9.17, 15) is 4.79 Å². The molecule has 0 saturated carbocycles. The molecule has 1 heterocycles. The van der Waals surface area contributed by atoms with Crippen molar-refractivity contribution in [2.75, 3.05) is 0 Å². The summed E-state index contributed by atoms with van der Waals surface area (Å²) in [7, 11) is 0. The van der Waals surface area contributed by atoms with Gasteiger partial charge in [0.2, 0.25) is 17.8 Å². The molecule has 0 unspecified atom stereocenters. The van der Waals surface area contributed by atoms with Crippen LogP contribution in [-0.4, -0.2) is 5.78 Å². The number of aryl methyl sites for hydroxylation is 1. The molecule has 1 rings (SSSR count). The maximum atomic E-state index is 11.7. The van der Waals surface area contributed by atoms with Crippen LogP contribution in [-0.2, 0) is 11.3 Å². The van der Waals surface area contributed by atoms with Gasteiger partial charge in [0.1, 0.15) is 0 Å². The molecule has 0 saturated heterocycles. The molecule has 0 aliphatic heterocycles. The predicted octanol–water partition coefficient (Wildman–Crippen LogP) is -1.04. The van der Waals surface area contributed by atoms with E-state index in [1.54, 1.807) is 11.3 Å². The summed E-state index contributed by atoms with van der Waals surface area (Å²) < 4.78 is 2.00. The zero-order valence-electron chi connectivity index (χ0n) is 9.00. The zero-order chi connectivity index (χ0) is 10.1. The lowest BCUT2D eigenvalue weighted by atomic mass is 9.91. The van der Waals surface area contributed by atoms with Crippen LogP contribution in [0, 0.1) is 12.3 Å². The molecule has 4 heteroatoms. The Hall–Kier alpha value is -0.220. The molecule has 2 nitrogen and oxygen atoms in total. The molecule has 0 atom stereocenters. The first-order chi connectivity index (χ1) is 5.91. The summed E-state index contributed by atoms with van der Waals surface area (Å²) in [5.41, 5.74) is 2.91. The van der Waals surface area contributed by atoms with E-state index in [1.807, 2.05) is 37.8 Å². The van der Waals surface area contributed by atoms with E-state index in [0.717, 1.165) is 5.69 Å². The number of halogens is 1. The second-order valence-corrected chi connectivity index (χ2v) is 5.02. The molecule has 0 spiro atoms. The van der Waals surface area contributed by atoms with Gasteiger partial charge in [-0.1, -0.05) is 32.1 Å². The Morgan fingerprint density at radius 1 is 1.50 bits per heavy atom. The molecule has 0 N–H and O–H groups in total. The summed E-state index contributed by atoms with van der Waals surface area (Å²) in [5, 5.41) is 2.05. The third kappa shape index (κ3) is 3.50. The molecule has 1 aromatic rings. The standard InChI is InChI=1S/C10H16NOS.BrH/c1-8-6-13-7-11(8)5-9(12)10(2,3)4;/h6-7H,5H2,1-4H3;1H/q+1;/p-1. The molecule has 0 aliphatic carbocycles. The first kappa shape index (κ1) is 13.8. The molecule has 0 bridgehead atoms. The number of ketones is 1. The second kappa shape index (κ2) is 5.03. The van der Waals surface area contributed by atoms with Crippen LogP contribution in [0.15, 0.2) is 10.9 Å². The summed E-state index contributed by atoms with van der Waals surface area (Å²) in [6.07, 6.45) is 0. The lowest BCUT2D eigenvalue weighted by Gasteiger charge is -2.13. The Morgan fingerprint density at radius 2 is 2.07 bits per heavy atom. The molecular formula is C10H16BrNOS. The van der Waals surface area contributed by atoms with Gasteiger partial charge in [-0.15, -0.1) is 0 Å². The van der Waals surface area contributed by atoms with Gasteiger partial charge in [0.05, 0.1) is 5.38 Å². The van der Waals surface area contributed by atoms with Crippen LogP contribution in [0.1, 0.15) is 26.5 Å². The summed E-state index contributed by atoms with van der Waals surface area (Å²) >= 11 is 1.63. The number of hydrogen-bond acceptors (Lipinski definition) is 2. The van der Waals surface area contributed by atoms with Crippen LogP contribution in [0.25, 0.3) is 0 Å². The Morgan fingerprint density at radius 3 is 2.43 bits per heavy atom. The summed E-state index contributed by atoms with van der Waals surface area (Å²) in [6.45, 7) is 8.39. The monoisotopic (exact) mass is 277 g/mol. The molecule has 1 aromatic heterocycles. The van der Waals surface area contributed by atoms with Crippen molar-refractivity contribution >= 4 is 17.1 Å². The van der Waals surface area contributed by atoms with E-state index in [4.69, 9.17) is 0 Å². The fraction of sp³-hybridized carbons (Fsp3) is 0.600. The summed E-state index contributed by atoms with van der Waals surface area (Å²) in [5.74, 6) is 0.277. The number of Topliss-reactive ketones (excluding diaryl/α,β-unsaturated/α-hetero) is 1. The average Bonchev–Trinajstić information content (AvgIpc) is 2.34. The van der Waals surface area contributed by atoms with Crippen LogP contribution in [0.3, 0.4) is 0 Å². The molecule has 0 amide bonds. The van der Waals surface area contributed by atoms with Gasteiger partial charge in [-0.2, -0.15) is 4.57 Å². The summed E-state index contributed by atoms with van der Waals surface area (Å²) in [6, 6.07) is 0. The molecule has 80 valence electrons. The lowest BCUT2D eigenvalue weighted by Crippen LogP contribution is -3.00. The highest BCUT2D eigenvalue weighted by Crippen LogP contribution is 2.14. The van der Waals surface area contributed by atoms with E-state index < -0.39 is 0 Å². The molecule has 0 aromatic carbocycles. The highest BCUT2D eigenvalue weighted by atomic mass is 79.9. The highest BCUT2D eigenvalue weighted by molar-refractivity contribution is 7.07. The van der Waals surface area contributed by atoms with Gasteiger partial charge in [0.15, 0.2) is 5.69 Å². The minimum atomic E-state index is -0.235. The van der Waals surface area contributed by atoms with Crippen molar-refractivity contribution in [1.82, 2.24) is 0 Å². The largest absolute Gasteiger partial charge is 1.00 e. The first-order valence-corrected chi connectivity index (χ1v) is 5.31. The highest BCUT2D eigenvalue weighted by Gasteiger charge is 2.25. The number of thiazole rings is 1. The topological polar surface area (TPSA) is 20.9 Å². The van der Waals surface area contributed by atoms with Crippen molar-refractivity contribution in [2.24, 2.45) is 5.41 Å². The number of nitrogens with zero attached hydrogens (tertiary/aromatic N) is 1. The molecule has 14 heavy (non-hydrogen) atoms. The van der Waals surface area contributed by atoms with Crippen molar-refractivity contribution in [3.8, 4) is 0 Å². The molecule has 0 radical (unpaired) electrons. The van der Waals surface area contributed by atoms with E-state index in [1.165, 1.54) is 0 Å². The summed E-state index contributed by atoms with van der Waals surface area (Å²) in [4.78, 5) is 11.7. The van der Waals surface area contributed by atoms with Gasteiger partial charge in [-0.25, -0.2) is 0 Å². The van der Waals surface area contributed by atoms with Gasteiger partial charge in [0, 0.05) is 12.3 Å². The number of aromatic nitrogens is 1. The third-order valence-electron chi connectivity index (χ3n) is 2.03. The maximum absolute atomic E-state index is 11.7. The van der Waals surface area contributed by atoms with Gasteiger partial charge < -0.3 is 17.0 Å². The van der Waals surface area contributed by atoms with E-state index in [2.05, 4.69) is 5.38 Å². The first-order valence-electron chi connectivity index (χ1n) is 4.37. The van der Waals surface area contributed by atoms with E-state index >= 15 is 0 Å². The minimum absolute atomic E-state index is 0. The smallest absolute Gasteiger partial charge is 0.225 e. The normalized spacial score (nSPS) is 10.9. The number of hydrogen-bond donors (Lipinski definition) is 0. The van der Waals surface area contributed by atoms with Crippen molar-refractivity contribution in [3.05, 3.63) is 16.6 Å². The van der Waals surface area contributed by atoms with Gasteiger partial charge in [-0.05, 0) is 0 Å². The van der Waals surface area contributed by atoms with E-state index in [0.29, 0.717) is 6.54 Å². The number of rotatable bonds is 2. The predicted molar refractivity (Wildman–Crippen MR) is 53.7 cm³/mol. The molecular weight excluding hydrogens is 262 g/mol.